The van der Waals surface area contributed by atoms with Crippen LogP contribution < -0.4 is 20.3 Å². The fraction of sp³-hybridized carbons (Fsp3) is 0.375. The molecule has 14 heteroatoms. The molecule has 5 rings (SSSR count). The Labute approximate surface area is 217 Å². The molecule has 13 nitrogen and oxygen atoms in total. The van der Waals surface area contributed by atoms with E-state index in [9.17, 15) is 9.18 Å². The van der Waals surface area contributed by atoms with Gasteiger partial charge in [0.05, 0.1) is 12.0 Å². The van der Waals surface area contributed by atoms with Gasteiger partial charge in [0.25, 0.3) is 5.78 Å². The standard InChI is InChI=1S/C24H28FN9O4/c1-15(21(35)36)38-16-5-6-18(17(25)14-16)33-11-9-32(10-12-33)8-7-31(2)23-28-22(26)34-24(29-23)27-20(30-34)19-4-3-13-37-19/h3-6,13-15H,7-12H2,1-2H3,(H,35,36)(H2,26,27,28,29,30)/t15-/m1/s1. The number of aromatic nitrogens is 5. The van der Waals surface area contributed by atoms with Crippen LogP contribution in [0.1, 0.15) is 6.92 Å². The maximum atomic E-state index is 14.7. The van der Waals surface area contributed by atoms with Gasteiger partial charge >= 0.3 is 5.97 Å². The molecule has 0 amide bonds. The van der Waals surface area contributed by atoms with Crippen molar-refractivity contribution < 1.29 is 23.4 Å². The van der Waals surface area contributed by atoms with Crippen LogP contribution in [0, 0.1) is 5.82 Å². The van der Waals surface area contributed by atoms with Gasteiger partial charge in [0.1, 0.15) is 11.6 Å². The van der Waals surface area contributed by atoms with Crippen LogP contribution in [0.4, 0.5) is 22.0 Å². The molecule has 1 fully saturated rings. The fourth-order valence-corrected chi connectivity index (χ4v) is 4.15. The fourth-order valence-electron chi connectivity index (χ4n) is 4.15. The zero-order chi connectivity index (χ0) is 26.8. The van der Waals surface area contributed by atoms with E-state index in [0.717, 1.165) is 19.6 Å². The first kappa shape index (κ1) is 25.2. The van der Waals surface area contributed by atoms with E-state index in [2.05, 4.69) is 25.0 Å². The van der Waals surface area contributed by atoms with Crippen LogP contribution >= 0.6 is 0 Å². The number of nitrogens with zero attached hydrogens (tertiary/aromatic N) is 8. The molecule has 0 unspecified atom stereocenters. The average Bonchev–Trinajstić information content (AvgIpc) is 3.58. The van der Waals surface area contributed by atoms with Gasteiger partial charge in [-0.25, -0.2) is 9.18 Å². The molecule has 1 atom stereocenters. The lowest BCUT2D eigenvalue weighted by atomic mass is 10.2. The highest BCUT2D eigenvalue weighted by Gasteiger charge is 2.22. The number of halogens is 1. The van der Waals surface area contributed by atoms with Crippen molar-refractivity contribution in [3.05, 3.63) is 42.4 Å². The molecule has 1 aliphatic heterocycles. The van der Waals surface area contributed by atoms with E-state index in [1.54, 1.807) is 30.5 Å². The quantitative estimate of drug-likeness (QED) is 0.327. The third kappa shape index (κ3) is 5.29. The number of fused-ring (bicyclic) bond motifs is 1. The van der Waals surface area contributed by atoms with Gasteiger partial charge in [-0.2, -0.15) is 19.5 Å². The zero-order valence-electron chi connectivity index (χ0n) is 21.0. The molecular weight excluding hydrogens is 497 g/mol. The highest BCUT2D eigenvalue weighted by atomic mass is 19.1. The molecule has 3 aromatic heterocycles. The smallest absolute Gasteiger partial charge is 0.344 e. The zero-order valence-corrected chi connectivity index (χ0v) is 21.0. The van der Waals surface area contributed by atoms with Gasteiger partial charge in [0.2, 0.25) is 17.7 Å². The van der Waals surface area contributed by atoms with E-state index in [4.69, 9.17) is 20.0 Å². The molecule has 1 aliphatic rings. The van der Waals surface area contributed by atoms with Crippen LogP contribution in [0.15, 0.2) is 41.0 Å². The molecule has 3 N–H and O–H groups in total. The molecule has 4 aromatic rings. The minimum absolute atomic E-state index is 0.173. The van der Waals surface area contributed by atoms with Gasteiger partial charge in [-0.05, 0) is 31.2 Å². The third-order valence-electron chi connectivity index (χ3n) is 6.35. The van der Waals surface area contributed by atoms with Crippen molar-refractivity contribution in [3.63, 3.8) is 0 Å². The highest BCUT2D eigenvalue weighted by molar-refractivity contribution is 5.72. The number of furan rings is 1. The van der Waals surface area contributed by atoms with E-state index in [1.807, 2.05) is 16.8 Å². The number of anilines is 3. The average molecular weight is 526 g/mol. The van der Waals surface area contributed by atoms with Crippen LogP contribution in [0.5, 0.6) is 5.75 Å². The summed E-state index contributed by atoms with van der Waals surface area (Å²) in [5.74, 6) is 0.470. The van der Waals surface area contributed by atoms with Gasteiger partial charge in [0.15, 0.2) is 11.9 Å². The molecule has 1 saturated heterocycles. The van der Waals surface area contributed by atoms with E-state index in [1.165, 1.54) is 17.5 Å². The molecular formula is C24H28FN9O4. The van der Waals surface area contributed by atoms with Crippen LogP contribution in [0.25, 0.3) is 17.4 Å². The number of aliphatic carboxylic acids is 1. The lowest BCUT2D eigenvalue weighted by molar-refractivity contribution is -0.144. The summed E-state index contributed by atoms with van der Waals surface area (Å²) in [6.07, 6.45) is 0.489. The summed E-state index contributed by atoms with van der Waals surface area (Å²) >= 11 is 0. The van der Waals surface area contributed by atoms with Gasteiger partial charge in [-0.3, -0.25) is 4.90 Å². The van der Waals surface area contributed by atoms with Crippen LogP contribution in [0.2, 0.25) is 0 Å². The monoisotopic (exact) mass is 525 g/mol. The van der Waals surface area contributed by atoms with Crippen molar-refractivity contribution in [1.82, 2.24) is 29.5 Å². The highest BCUT2D eigenvalue weighted by Crippen LogP contribution is 2.26. The minimum atomic E-state index is -1.11. The lowest BCUT2D eigenvalue weighted by Gasteiger charge is -2.36. The van der Waals surface area contributed by atoms with E-state index >= 15 is 0 Å². The van der Waals surface area contributed by atoms with E-state index < -0.39 is 17.9 Å². The number of piperazine rings is 1. The number of carbonyl (C=O) groups is 1. The lowest BCUT2D eigenvalue weighted by Crippen LogP contribution is -2.48. The van der Waals surface area contributed by atoms with E-state index in [-0.39, 0.29) is 11.7 Å². The number of carboxylic acid groups (broad SMARTS) is 1. The Bertz CT molecular complexity index is 1420. The van der Waals surface area contributed by atoms with Crippen LogP contribution in [-0.2, 0) is 4.79 Å². The summed E-state index contributed by atoms with van der Waals surface area (Å²) in [4.78, 5) is 30.4. The van der Waals surface area contributed by atoms with Crippen LogP contribution in [0.3, 0.4) is 0 Å². The Morgan fingerprint density at radius 3 is 2.71 bits per heavy atom. The Kier molecular flexibility index (Phi) is 6.96. The summed E-state index contributed by atoms with van der Waals surface area (Å²) in [5.41, 5.74) is 6.57. The van der Waals surface area contributed by atoms with Crippen molar-refractivity contribution in [1.29, 1.82) is 0 Å². The number of nitrogen functional groups attached to an aromatic ring is 1. The molecule has 0 spiro atoms. The number of hydrogen-bond acceptors (Lipinski definition) is 11. The number of nitrogens with two attached hydrogens (primary N) is 1. The SMILES string of the molecule is C[C@@H](Oc1ccc(N2CCN(CCN(C)c3nc(N)n4nc(-c5ccco5)nc4n3)CC2)c(F)c1)C(=O)O. The normalized spacial score (nSPS) is 15.1. The minimum Gasteiger partial charge on any atom is -0.479 e. The summed E-state index contributed by atoms with van der Waals surface area (Å²) in [7, 11) is 1.88. The second kappa shape index (κ2) is 10.5. The summed E-state index contributed by atoms with van der Waals surface area (Å²) < 4.78 is 26.7. The molecule has 1 aromatic carbocycles. The van der Waals surface area contributed by atoms with Gasteiger partial charge in [-0.15, -0.1) is 5.10 Å². The predicted molar refractivity (Wildman–Crippen MR) is 137 cm³/mol. The largest absolute Gasteiger partial charge is 0.479 e. The van der Waals surface area contributed by atoms with Gasteiger partial charge in [-0.1, -0.05) is 0 Å². The molecule has 0 aliphatic carbocycles. The Balaban J connectivity index is 1.15. The van der Waals surface area contributed by atoms with E-state index in [0.29, 0.717) is 48.6 Å². The van der Waals surface area contributed by atoms with Gasteiger partial charge in [0, 0.05) is 52.4 Å². The molecule has 0 saturated carbocycles. The number of carboxylic acids is 1. The summed E-state index contributed by atoms with van der Waals surface area (Å²) in [5, 5.41) is 13.3. The van der Waals surface area contributed by atoms with Crippen molar-refractivity contribution in [3.8, 4) is 17.3 Å². The third-order valence-corrected chi connectivity index (χ3v) is 6.35. The first-order valence-electron chi connectivity index (χ1n) is 12.1. The first-order valence-corrected chi connectivity index (χ1v) is 12.1. The molecule has 38 heavy (non-hydrogen) atoms. The Hall–Kier alpha value is -4.46. The molecule has 0 bridgehead atoms. The van der Waals surface area contributed by atoms with Crippen molar-refractivity contribution in [2.75, 3.05) is 61.8 Å². The number of benzene rings is 1. The van der Waals surface area contributed by atoms with Crippen molar-refractivity contribution >= 4 is 29.3 Å². The number of rotatable bonds is 9. The maximum absolute atomic E-state index is 14.7. The molecule has 4 heterocycles. The molecule has 0 radical (unpaired) electrons. The number of likely N-dealkylation sites (N-methyl/N-ethyl adjacent to an activating group) is 1. The Morgan fingerprint density at radius 1 is 1.24 bits per heavy atom. The van der Waals surface area contributed by atoms with Crippen molar-refractivity contribution in [2.45, 2.75) is 13.0 Å². The first-order chi connectivity index (χ1) is 18.3. The van der Waals surface area contributed by atoms with Crippen molar-refractivity contribution in [2.24, 2.45) is 0 Å². The van der Waals surface area contributed by atoms with Gasteiger partial charge < -0.3 is 29.8 Å². The Morgan fingerprint density at radius 2 is 2.03 bits per heavy atom. The molecule has 200 valence electrons. The topological polar surface area (TPSA) is 151 Å². The second-order valence-corrected chi connectivity index (χ2v) is 8.97. The predicted octanol–water partition coefficient (Wildman–Crippen LogP) is 1.61. The maximum Gasteiger partial charge on any atom is 0.344 e. The second-order valence-electron chi connectivity index (χ2n) is 8.97. The number of ether oxygens (including phenoxy) is 1. The summed E-state index contributed by atoms with van der Waals surface area (Å²) in [6, 6.07) is 7.95. The number of hydrogen-bond donors (Lipinski definition) is 2. The summed E-state index contributed by atoms with van der Waals surface area (Å²) in [6.45, 7) is 5.61. The van der Waals surface area contributed by atoms with Crippen LogP contribution in [-0.4, -0.2) is 93.0 Å².